The second kappa shape index (κ2) is 11.6. The predicted octanol–water partition coefficient (Wildman–Crippen LogP) is 3.38. The third kappa shape index (κ3) is 6.34. The van der Waals surface area contributed by atoms with Crippen LogP contribution in [-0.2, 0) is 27.2 Å². The lowest BCUT2D eigenvalue weighted by Gasteiger charge is -2.15. The van der Waals surface area contributed by atoms with E-state index in [1.165, 1.54) is 10.9 Å². The summed E-state index contributed by atoms with van der Waals surface area (Å²) in [5.74, 6) is -2.47. The van der Waals surface area contributed by atoms with E-state index in [9.17, 15) is 24.6 Å². The number of nitrogens with zero attached hydrogens (tertiary/aromatic N) is 3. The van der Waals surface area contributed by atoms with Gasteiger partial charge in [0.05, 0.1) is 31.0 Å². The SMILES string of the molecule is CCOC(=O)c1cn(C/C2=C/CCOC(=O)c3c(O)cc(O)c(Cl)c3CC(=O)CCCC2)nn1. The molecule has 11 heteroatoms. The van der Waals surface area contributed by atoms with E-state index in [0.717, 1.165) is 18.1 Å². The first-order chi connectivity index (χ1) is 16.3. The lowest BCUT2D eigenvalue weighted by atomic mass is 9.97. The number of hydrogen-bond acceptors (Lipinski definition) is 9. The van der Waals surface area contributed by atoms with Crippen molar-refractivity contribution in [2.45, 2.75) is 52.0 Å². The van der Waals surface area contributed by atoms with E-state index >= 15 is 0 Å². The van der Waals surface area contributed by atoms with Crippen molar-refractivity contribution >= 4 is 29.3 Å². The smallest absolute Gasteiger partial charge is 0.360 e. The Morgan fingerprint density at radius 3 is 2.76 bits per heavy atom. The first-order valence-corrected chi connectivity index (χ1v) is 11.3. The van der Waals surface area contributed by atoms with Crippen molar-refractivity contribution < 1.29 is 34.1 Å². The number of phenolic OH excluding ortho intramolecular Hbond substituents is 2. The van der Waals surface area contributed by atoms with E-state index in [2.05, 4.69) is 10.3 Å². The molecule has 34 heavy (non-hydrogen) atoms. The van der Waals surface area contributed by atoms with E-state index < -0.39 is 23.4 Å². The minimum absolute atomic E-state index is 0.0269. The topological polar surface area (TPSA) is 141 Å². The minimum atomic E-state index is -0.829. The molecule has 0 bridgehead atoms. The maximum absolute atomic E-state index is 12.6. The highest BCUT2D eigenvalue weighted by atomic mass is 35.5. The number of halogens is 1. The van der Waals surface area contributed by atoms with E-state index in [4.69, 9.17) is 21.1 Å². The fourth-order valence-corrected chi connectivity index (χ4v) is 3.87. The number of carbonyl (C=O) groups excluding carboxylic acids is 3. The molecule has 1 aliphatic heterocycles. The number of aromatic hydroxyl groups is 2. The van der Waals surface area contributed by atoms with Gasteiger partial charge in [0, 0.05) is 24.5 Å². The summed E-state index contributed by atoms with van der Waals surface area (Å²) in [4.78, 5) is 37.0. The Labute approximate surface area is 201 Å². The maximum Gasteiger partial charge on any atom is 0.360 e. The van der Waals surface area contributed by atoms with E-state index in [-0.39, 0.29) is 53.7 Å². The highest BCUT2D eigenvalue weighted by Gasteiger charge is 2.25. The fraction of sp³-hybridized carbons (Fsp3) is 0.435. The van der Waals surface area contributed by atoms with Gasteiger partial charge in [-0.3, -0.25) is 4.79 Å². The van der Waals surface area contributed by atoms with Crippen molar-refractivity contribution in [3.8, 4) is 11.5 Å². The van der Waals surface area contributed by atoms with Crippen LogP contribution in [0.4, 0.5) is 0 Å². The number of hydrogen-bond donors (Lipinski definition) is 2. The number of ether oxygens (including phenoxy) is 2. The first kappa shape index (κ1) is 25.2. The van der Waals surface area contributed by atoms with Gasteiger partial charge in [0.2, 0.25) is 0 Å². The van der Waals surface area contributed by atoms with E-state index in [1.54, 1.807) is 6.92 Å². The van der Waals surface area contributed by atoms with Gasteiger partial charge in [-0.2, -0.15) is 0 Å². The molecule has 3 rings (SSSR count). The molecular weight excluding hydrogens is 466 g/mol. The van der Waals surface area contributed by atoms with E-state index in [0.29, 0.717) is 25.8 Å². The highest BCUT2D eigenvalue weighted by Crippen LogP contribution is 2.37. The number of carbonyl (C=O) groups is 3. The highest BCUT2D eigenvalue weighted by molar-refractivity contribution is 6.33. The van der Waals surface area contributed by atoms with Crippen LogP contribution in [0.5, 0.6) is 11.5 Å². The zero-order valence-electron chi connectivity index (χ0n) is 18.8. The molecule has 0 spiro atoms. The van der Waals surface area contributed by atoms with Gasteiger partial charge in [-0.05, 0) is 32.6 Å². The molecule has 0 fully saturated rings. The Kier molecular flexibility index (Phi) is 8.64. The van der Waals surface area contributed by atoms with Gasteiger partial charge in [-0.1, -0.05) is 28.5 Å². The number of esters is 2. The summed E-state index contributed by atoms with van der Waals surface area (Å²) in [6, 6.07) is 0.955. The zero-order valence-corrected chi connectivity index (χ0v) is 19.5. The molecule has 0 atom stereocenters. The molecule has 0 amide bonds. The maximum atomic E-state index is 12.6. The lowest BCUT2D eigenvalue weighted by Crippen LogP contribution is -2.14. The Hall–Kier alpha value is -3.40. The molecule has 2 aromatic rings. The number of aromatic nitrogens is 3. The Bertz CT molecular complexity index is 1110. The van der Waals surface area contributed by atoms with Gasteiger partial charge in [0.15, 0.2) is 5.69 Å². The van der Waals surface area contributed by atoms with E-state index in [1.807, 2.05) is 6.08 Å². The van der Waals surface area contributed by atoms with Crippen LogP contribution in [0.25, 0.3) is 0 Å². The van der Waals surface area contributed by atoms with Crippen molar-refractivity contribution in [2.24, 2.45) is 0 Å². The molecule has 182 valence electrons. The second-order valence-electron chi connectivity index (χ2n) is 7.81. The van der Waals surface area contributed by atoms with Crippen molar-refractivity contribution in [1.82, 2.24) is 15.0 Å². The predicted molar refractivity (Wildman–Crippen MR) is 121 cm³/mol. The van der Waals surface area contributed by atoms with Gasteiger partial charge in [-0.15, -0.1) is 5.10 Å². The molecule has 1 aliphatic rings. The summed E-state index contributed by atoms with van der Waals surface area (Å²) < 4.78 is 11.7. The van der Waals surface area contributed by atoms with Gasteiger partial charge in [0.1, 0.15) is 22.8 Å². The molecule has 0 aliphatic carbocycles. The monoisotopic (exact) mass is 491 g/mol. The molecule has 0 saturated heterocycles. The van der Waals surface area contributed by atoms with Gasteiger partial charge >= 0.3 is 11.9 Å². The van der Waals surface area contributed by atoms with Crippen molar-refractivity contribution in [3.63, 3.8) is 0 Å². The molecule has 2 heterocycles. The fourth-order valence-electron chi connectivity index (χ4n) is 3.65. The van der Waals surface area contributed by atoms with Crippen LogP contribution in [-0.4, -0.2) is 56.1 Å². The number of allylic oxidation sites excluding steroid dienone is 1. The normalized spacial score (nSPS) is 17.2. The van der Waals surface area contributed by atoms with Crippen LogP contribution in [0, 0.1) is 0 Å². The lowest BCUT2D eigenvalue weighted by molar-refractivity contribution is -0.118. The summed E-state index contributed by atoms with van der Waals surface area (Å²) in [5.41, 5.74) is 0.945. The number of phenols is 2. The number of rotatable bonds is 4. The van der Waals surface area contributed by atoms with Crippen LogP contribution in [0.3, 0.4) is 0 Å². The number of ketones is 1. The Balaban J connectivity index is 1.77. The van der Waals surface area contributed by atoms with Gasteiger partial charge < -0.3 is 19.7 Å². The molecule has 10 nitrogen and oxygen atoms in total. The average Bonchev–Trinajstić information content (AvgIpc) is 3.25. The third-order valence-electron chi connectivity index (χ3n) is 5.28. The standard InChI is InChI=1S/C23H26ClN3O7/c1-2-33-22(31)17-13-27(26-25-17)12-14-6-3-4-8-15(28)10-16-20(23(32)34-9-5-7-14)18(29)11-19(30)21(16)24/h7,11,13,29-30H,2-6,8-10,12H2,1H3/b14-7+. The van der Waals surface area contributed by atoms with Gasteiger partial charge in [0.25, 0.3) is 0 Å². The molecular formula is C23H26ClN3O7. The summed E-state index contributed by atoms with van der Waals surface area (Å²) in [6.07, 6.45) is 5.86. The number of fused-ring (bicyclic) bond motifs is 1. The average molecular weight is 492 g/mol. The molecule has 0 unspecified atom stereocenters. The van der Waals surface area contributed by atoms with Crippen LogP contribution < -0.4 is 0 Å². The minimum Gasteiger partial charge on any atom is -0.507 e. The van der Waals surface area contributed by atoms with Gasteiger partial charge in [-0.25, -0.2) is 14.3 Å². The zero-order chi connectivity index (χ0) is 24.7. The van der Waals surface area contributed by atoms with Crippen molar-refractivity contribution in [2.75, 3.05) is 13.2 Å². The van der Waals surface area contributed by atoms with Crippen LogP contribution >= 0.6 is 11.6 Å². The second-order valence-corrected chi connectivity index (χ2v) is 8.19. The summed E-state index contributed by atoms with van der Waals surface area (Å²) in [5, 5.41) is 27.8. The number of cyclic esters (lactones) is 1. The van der Waals surface area contributed by atoms with Crippen LogP contribution in [0.2, 0.25) is 5.02 Å². The summed E-state index contributed by atoms with van der Waals surface area (Å²) >= 11 is 6.13. The number of benzene rings is 1. The van der Waals surface area contributed by atoms with Crippen molar-refractivity contribution in [3.05, 3.63) is 45.8 Å². The van der Waals surface area contributed by atoms with Crippen LogP contribution in [0.15, 0.2) is 23.9 Å². The number of Topliss-reactive ketones (excluding diaryl/α,β-unsaturated/α-hetero) is 1. The quantitative estimate of drug-likeness (QED) is 0.486. The molecule has 0 saturated carbocycles. The Morgan fingerprint density at radius 1 is 1.24 bits per heavy atom. The van der Waals surface area contributed by atoms with Crippen LogP contribution in [0.1, 0.15) is 65.4 Å². The Morgan fingerprint density at radius 2 is 2.00 bits per heavy atom. The molecule has 1 aromatic heterocycles. The molecule has 1 aromatic carbocycles. The summed E-state index contributed by atoms with van der Waals surface area (Å²) in [6.45, 7) is 2.36. The molecule has 0 radical (unpaired) electrons. The molecule has 2 N–H and O–H groups in total. The summed E-state index contributed by atoms with van der Waals surface area (Å²) in [7, 11) is 0. The first-order valence-electron chi connectivity index (χ1n) is 11.0. The largest absolute Gasteiger partial charge is 0.507 e. The third-order valence-corrected chi connectivity index (χ3v) is 5.70. The van der Waals surface area contributed by atoms with Crippen molar-refractivity contribution in [1.29, 1.82) is 0 Å².